The molecule has 0 fully saturated rings. The van der Waals surface area contributed by atoms with Crippen LogP contribution in [-0.4, -0.2) is 42.2 Å². The number of hydrazone groups is 1. The topological polar surface area (TPSA) is 118 Å². The van der Waals surface area contributed by atoms with Crippen molar-refractivity contribution >= 4 is 50.4 Å². The normalized spacial score (nSPS) is 16.4. The molecule has 1 amide bonds. The second-order valence-electron chi connectivity index (χ2n) is 7.54. The Morgan fingerprint density at radius 2 is 1.82 bits per heavy atom. The van der Waals surface area contributed by atoms with Gasteiger partial charge in [0.1, 0.15) is 6.04 Å². The predicted octanol–water partition coefficient (Wildman–Crippen LogP) is 3.43. The number of hydrogen-bond acceptors (Lipinski definition) is 6. The molecule has 0 aliphatic carbocycles. The summed E-state index contributed by atoms with van der Waals surface area (Å²) in [7, 11) is -3.00. The van der Waals surface area contributed by atoms with Crippen LogP contribution in [0.25, 0.3) is 17.0 Å². The average molecular weight is 468 g/mol. The van der Waals surface area contributed by atoms with Crippen LogP contribution < -0.4 is 5.01 Å². The Hall–Kier alpha value is -3.76. The molecule has 0 saturated carbocycles. The number of anilines is 1. The molecule has 33 heavy (non-hydrogen) atoms. The number of methoxy groups -OCH3 is 1. The van der Waals surface area contributed by atoms with Crippen molar-refractivity contribution in [1.82, 2.24) is 4.57 Å². The minimum absolute atomic E-state index is 0.276. The van der Waals surface area contributed by atoms with Crippen LogP contribution in [0.4, 0.5) is 5.69 Å². The van der Waals surface area contributed by atoms with Crippen molar-refractivity contribution in [2.45, 2.75) is 24.8 Å². The maximum absolute atomic E-state index is 13.1. The number of ether oxygens (including phenoxy) is 1. The first-order chi connectivity index (χ1) is 15.6. The Kier molecular flexibility index (Phi) is 5.64. The lowest BCUT2D eigenvalue weighted by atomic mass is 10.1. The lowest BCUT2D eigenvalue weighted by molar-refractivity contribution is -0.143. The van der Waals surface area contributed by atoms with Gasteiger partial charge in [-0.1, -0.05) is 18.2 Å². The van der Waals surface area contributed by atoms with Gasteiger partial charge in [-0.25, -0.2) is 4.79 Å². The van der Waals surface area contributed by atoms with E-state index in [2.05, 4.69) is 5.10 Å². The molecule has 0 radical (unpaired) electrons. The zero-order chi connectivity index (χ0) is 23.9. The molecule has 1 aliphatic heterocycles. The molecule has 1 atom stereocenters. The van der Waals surface area contributed by atoms with Gasteiger partial charge < -0.3 is 9.30 Å². The average Bonchev–Trinajstić information content (AvgIpc) is 3.30. The van der Waals surface area contributed by atoms with E-state index in [-0.39, 0.29) is 16.8 Å². The lowest BCUT2D eigenvalue weighted by Gasteiger charge is -2.12. The molecule has 1 N–H and O–H groups in total. The standard InChI is InChI=1S/C23H21N3O6S/c1-14-20(22(27)26(24-14)17-8-10-18(11-9-17)33(29,30)31)12-16-13-25(15(2)23(28)32-3)21-7-5-4-6-19(16)21/h4-13,15H,1-3H3,(H,29,30,31). The van der Waals surface area contributed by atoms with Gasteiger partial charge in [-0.3, -0.25) is 9.35 Å². The van der Waals surface area contributed by atoms with Gasteiger partial charge in [0.25, 0.3) is 16.0 Å². The van der Waals surface area contributed by atoms with Gasteiger partial charge in [-0.05, 0) is 50.3 Å². The van der Waals surface area contributed by atoms with E-state index in [0.717, 1.165) is 16.5 Å². The van der Waals surface area contributed by atoms with E-state index in [0.29, 0.717) is 17.0 Å². The van der Waals surface area contributed by atoms with Crippen LogP contribution in [-0.2, 0) is 24.4 Å². The van der Waals surface area contributed by atoms with Gasteiger partial charge in [-0.15, -0.1) is 0 Å². The van der Waals surface area contributed by atoms with Crippen molar-refractivity contribution in [3.63, 3.8) is 0 Å². The second kappa shape index (κ2) is 8.30. The summed E-state index contributed by atoms with van der Waals surface area (Å²) in [6, 6.07) is 12.2. The molecule has 10 heteroatoms. The summed E-state index contributed by atoms with van der Waals surface area (Å²) in [5.41, 5.74) is 2.76. The third kappa shape index (κ3) is 4.06. The van der Waals surface area contributed by atoms with E-state index >= 15 is 0 Å². The zero-order valence-electron chi connectivity index (χ0n) is 18.1. The number of fused-ring (bicyclic) bond motifs is 1. The van der Waals surface area contributed by atoms with E-state index in [4.69, 9.17) is 9.29 Å². The van der Waals surface area contributed by atoms with Crippen LogP contribution >= 0.6 is 0 Å². The molecular weight excluding hydrogens is 446 g/mol. The van der Waals surface area contributed by atoms with Crippen molar-refractivity contribution in [2.24, 2.45) is 5.10 Å². The fourth-order valence-electron chi connectivity index (χ4n) is 3.73. The first-order valence-corrected chi connectivity index (χ1v) is 11.4. The highest BCUT2D eigenvalue weighted by atomic mass is 32.2. The summed E-state index contributed by atoms with van der Waals surface area (Å²) in [5.74, 6) is -0.769. The molecule has 2 aromatic carbocycles. The molecule has 4 rings (SSSR count). The van der Waals surface area contributed by atoms with Crippen LogP contribution in [0, 0.1) is 0 Å². The molecular formula is C23H21N3O6S. The van der Waals surface area contributed by atoms with Crippen LogP contribution in [0.15, 0.2) is 70.3 Å². The highest BCUT2D eigenvalue weighted by Crippen LogP contribution is 2.30. The van der Waals surface area contributed by atoms with Gasteiger partial charge in [0.05, 0.1) is 29.0 Å². The molecule has 0 spiro atoms. The Labute approximate surface area is 190 Å². The summed E-state index contributed by atoms with van der Waals surface area (Å²) in [6.45, 7) is 3.44. The molecule has 0 saturated heterocycles. The number of carbonyl (C=O) groups is 2. The number of aromatic nitrogens is 1. The van der Waals surface area contributed by atoms with Crippen molar-refractivity contribution < 1.29 is 27.3 Å². The Balaban J connectivity index is 1.73. The molecule has 1 aliphatic rings. The molecule has 170 valence electrons. The van der Waals surface area contributed by atoms with Crippen LogP contribution in [0.2, 0.25) is 0 Å². The number of rotatable bonds is 5. The Morgan fingerprint density at radius 1 is 1.15 bits per heavy atom. The quantitative estimate of drug-likeness (QED) is 0.349. The van der Waals surface area contributed by atoms with E-state index < -0.39 is 16.2 Å². The van der Waals surface area contributed by atoms with Crippen LogP contribution in [0.3, 0.4) is 0 Å². The maximum Gasteiger partial charge on any atom is 0.328 e. The van der Waals surface area contributed by atoms with E-state index in [1.807, 2.05) is 24.3 Å². The van der Waals surface area contributed by atoms with Crippen LogP contribution in [0.1, 0.15) is 25.5 Å². The highest BCUT2D eigenvalue weighted by Gasteiger charge is 2.29. The number of esters is 1. The summed E-state index contributed by atoms with van der Waals surface area (Å²) in [5, 5.41) is 6.34. The van der Waals surface area contributed by atoms with Gasteiger partial charge >= 0.3 is 5.97 Å². The fourth-order valence-corrected chi connectivity index (χ4v) is 4.21. The molecule has 1 unspecified atom stereocenters. The van der Waals surface area contributed by atoms with Gasteiger partial charge in [0, 0.05) is 22.7 Å². The molecule has 1 aromatic heterocycles. The monoisotopic (exact) mass is 467 g/mol. The minimum atomic E-state index is -4.34. The van der Waals surface area contributed by atoms with Gasteiger partial charge in [0.15, 0.2) is 0 Å². The van der Waals surface area contributed by atoms with Crippen molar-refractivity contribution in [3.05, 3.63) is 65.9 Å². The number of nitrogens with zero attached hydrogens (tertiary/aromatic N) is 3. The Morgan fingerprint density at radius 3 is 2.45 bits per heavy atom. The number of hydrogen-bond donors (Lipinski definition) is 1. The largest absolute Gasteiger partial charge is 0.467 e. The first kappa shape index (κ1) is 22.4. The highest BCUT2D eigenvalue weighted by molar-refractivity contribution is 7.85. The minimum Gasteiger partial charge on any atom is -0.467 e. The lowest BCUT2D eigenvalue weighted by Crippen LogP contribution is -2.21. The SMILES string of the molecule is COC(=O)C(C)n1cc(C=C2C(=O)N(c3ccc(S(=O)(=O)O)cc3)N=C2C)c2ccccc21. The van der Waals surface area contributed by atoms with Crippen molar-refractivity contribution in [2.75, 3.05) is 12.1 Å². The van der Waals surface area contributed by atoms with Crippen LogP contribution in [0.5, 0.6) is 0 Å². The molecule has 2 heterocycles. The molecule has 9 nitrogen and oxygen atoms in total. The third-order valence-electron chi connectivity index (χ3n) is 5.47. The van der Waals surface area contributed by atoms with E-state index in [1.165, 1.54) is 36.4 Å². The van der Waals surface area contributed by atoms with E-state index in [9.17, 15) is 18.0 Å². The summed E-state index contributed by atoms with van der Waals surface area (Å²) < 4.78 is 38.3. The number of carbonyl (C=O) groups excluding carboxylic acids is 2. The predicted molar refractivity (Wildman–Crippen MR) is 123 cm³/mol. The maximum atomic E-state index is 13.1. The number of amides is 1. The fraction of sp³-hybridized carbons (Fsp3) is 0.174. The molecule has 3 aromatic rings. The molecule has 0 bridgehead atoms. The summed E-state index contributed by atoms with van der Waals surface area (Å²) >= 11 is 0. The zero-order valence-corrected chi connectivity index (χ0v) is 18.9. The second-order valence-corrected chi connectivity index (χ2v) is 8.96. The van der Waals surface area contributed by atoms with Gasteiger partial charge in [-0.2, -0.15) is 18.5 Å². The van der Waals surface area contributed by atoms with E-state index in [1.54, 1.807) is 30.7 Å². The van der Waals surface area contributed by atoms with Crippen molar-refractivity contribution in [1.29, 1.82) is 0 Å². The summed E-state index contributed by atoms with van der Waals surface area (Å²) in [4.78, 5) is 25.0. The Bertz CT molecular complexity index is 1430. The van der Waals surface area contributed by atoms with Crippen molar-refractivity contribution in [3.8, 4) is 0 Å². The number of para-hydroxylation sites is 1. The smallest absolute Gasteiger partial charge is 0.328 e. The summed E-state index contributed by atoms with van der Waals surface area (Å²) in [6.07, 6.45) is 3.51. The van der Waals surface area contributed by atoms with Gasteiger partial charge in [0.2, 0.25) is 0 Å². The number of benzene rings is 2. The first-order valence-electron chi connectivity index (χ1n) is 9.98. The third-order valence-corrected chi connectivity index (χ3v) is 6.34.